The molecule has 1 N–H and O–H groups in total. The molecule has 15 heavy (non-hydrogen) atoms. The highest BCUT2D eigenvalue weighted by molar-refractivity contribution is 14.1. The standard InChI is InChI=1S/C11H18INO2/c12-4-1-9-7-10(9)8-2-5-13(6-3-8)11(14)15/h8-10H,1-7H2,(H,14,15). The Morgan fingerprint density at radius 2 is 2.07 bits per heavy atom. The van der Waals surface area contributed by atoms with E-state index in [0.717, 1.165) is 43.7 Å². The molecule has 2 atom stereocenters. The van der Waals surface area contributed by atoms with E-state index >= 15 is 0 Å². The number of halogens is 1. The molecule has 2 unspecified atom stereocenters. The molecule has 0 radical (unpaired) electrons. The normalized spacial score (nSPS) is 31.7. The second-order valence-corrected chi connectivity index (χ2v) is 5.82. The van der Waals surface area contributed by atoms with Crippen molar-refractivity contribution in [2.24, 2.45) is 17.8 Å². The number of hydrogen-bond donors (Lipinski definition) is 1. The van der Waals surface area contributed by atoms with Gasteiger partial charge in [-0.3, -0.25) is 0 Å². The quantitative estimate of drug-likeness (QED) is 0.641. The summed E-state index contributed by atoms with van der Waals surface area (Å²) < 4.78 is 1.27. The van der Waals surface area contributed by atoms with Gasteiger partial charge in [0.25, 0.3) is 0 Å². The predicted octanol–water partition coefficient (Wildman–Crippen LogP) is 2.84. The first-order valence-corrected chi connectivity index (χ1v) is 7.28. The lowest BCUT2D eigenvalue weighted by atomic mass is 9.91. The lowest BCUT2D eigenvalue weighted by molar-refractivity contribution is 0.120. The van der Waals surface area contributed by atoms with Crippen LogP contribution in [0.25, 0.3) is 0 Å². The number of alkyl halides is 1. The van der Waals surface area contributed by atoms with Gasteiger partial charge in [0, 0.05) is 13.1 Å². The number of amides is 1. The number of nitrogens with zero attached hydrogens (tertiary/aromatic N) is 1. The Balaban J connectivity index is 1.73. The van der Waals surface area contributed by atoms with Crippen molar-refractivity contribution in [3.63, 3.8) is 0 Å². The summed E-state index contributed by atoms with van der Waals surface area (Å²) in [6, 6.07) is 0. The number of carbonyl (C=O) groups is 1. The maximum Gasteiger partial charge on any atom is 0.407 e. The summed E-state index contributed by atoms with van der Waals surface area (Å²) in [6.45, 7) is 1.51. The summed E-state index contributed by atoms with van der Waals surface area (Å²) in [5, 5.41) is 8.84. The minimum atomic E-state index is -0.743. The maximum absolute atomic E-state index is 10.7. The molecule has 1 amide bonds. The van der Waals surface area contributed by atoms with E-state index in [9.17, 15) is 4.79 Å². The molecule has 4 heteroatoms. The average molecular weight is 323 g/mol. The zero-order valence-corrected chi connectivity index (χ0v) is 11.0. The summed E-state index contributed by atoms with van der Waals surface area (Å²) in [7, 11) is 0. The number of hydrogen-bond acceptors (Lipinski definition) is 1. The molecular formula is C11H18INO2. The summed E-state index contributed by atoms with van der Waals surface area (Å²) >= 11 is 2.45. The molecule has 3 nitrogen and oxygen atoms in total. The molecule has 2 fully saturated rings. The van der Waals surface area contributed by atoms with E-state index in [1.165, 1.54) is 17.3 Å². The van der Waals surface area contributed by atoms with Crippen LogP contribution in [0.15, 0.2) is 0 Å². The van der Waals surface area contributed by atoms with Crippen molar-refractivity contribution in [1.82, 2.24) is 4.90 Å². The lowest BCUT2D eigenvalue weighted by Crippen LogP contribution is -2.38. The number of piperidine rings is 1. The topological polar surface area (TPSA) is 40.5 Å². The van der Waals surface area contributed by atoms with E-state index < -0.39 is 6.09 Å². The molecule has 1 saturated heterocycles. The summed E-state index contributed by atoms with van der Waals surface area (Å²) in [5.74, 6) is 2.70. The Kier molecular flexibility index (Phi) is 3.74. The van der Waals surface area contributed by atoms with Gasteiger partial charge in [0.05, 0.1) is 0 Å². The van der Waals surface area contributed by atoms with Gasteiger partial charge in [-0.05, 0) is 47.9 Å². The first-order valence-electron chi connectivity index (χ1n) is 5.76. The van der Waals surface area contributed by atoms with Crippen molar-refractivity contribution < 1.29 is 9.90 Å². The Bertz CT molecular complexity index is 239. The van der Waals surface area contributed by atoms with Crippen LogP contribution in [-0.4, -0.2) is 33.6 Å². The SMILES string of the molecule is O=C(O)N1CCC(C2CC2CCI)CC1. The molecule has 0 aromatic carbocycles. The van der Waals surface area contributed by atoms with Gasteiger partial charge in [0.15, 0.2) is 0 Å². The Morgan fingerprint density at radius 1 is 1.40 bits per heavy atom. The van der Waals surface area contributed by atoms with Crippen molar-refractivity contribution in [2.75, 3.05) is 17.5 Å². The summed E-state index contributed by atoms with van der Waals surface area (Å²) in [5.41, 5.74) is 0. The highest BCUT2D eigenvalue weighted by Crippen LogP contribution is 2.49. The van der Waals surface area contributed by atoms with Gasteiger partial charge < -0.3 is 10.0 Å². The number of likely N-dealkylation sites (tertiary alicyclic amines) is 1. The maximum atomic E-state index is 10.7. The monoisotopic (exact) mass is 323 g/mol. The minimum absolute atomic E-state index is 0.743. The molecule has 1 saturated carbocycles. The van der Waals surface area contributed by atoms with Gasteiger partial charge >= 0.3 is 6.09 Å². The Labute approximate surface area is 104 Å². The predicted molar refractivity (Wildman–Crippen MR) is 67.4 cm³/mol. The van der Waals surface area contributed by atoms with Gasteiger partial charge in [-0.15, -0.1) is 0 Å². The zero-order valence-electron chi connectivity index (χ0n) is 8.86. The van der Waals surface area contributed by atoms with Gasteiger partial charge in [-0.25, -0.2) is 4.79 Å². The Hall–Kier alpha value is 0. The van der Waals surface area contributed by atoms with Crippen LogP contribution < -0.4 is 0 Å². The van der Waals surface area contributed by atoms with Crippen LogP contribution in [0.3, 0.4) is 0 Å². The second-order valence-electron chi connectivity index (χ2n) is 4.74. The lowest BCUT2D eigenvalue weighted by Gasteiger charge is -2.30. The molecule has 0 aromatic rings. The van der Waals surface area contributed by atoms with Crippen LogP contribution in [-0.2, 0) is 0 Å². The van der Waals surface area contributed by atoms with E-state index in [0.29, 0.717) is 0 Å². The van der Waals surface area contributed by atoms with E-state index in [4.69, 9.17) is 5.11 Å². The van der Waals surface area contributed by atoms with Crippen molar-refractivity contribution in [1.29, 1.82) is 0 Å². The zero-order chi connectivity index (χ0) is 10.8. The third-order valence-electron chi connectivity index (χ3n) is 3.87. The molecule has 0 aromatic heterocycles. The van der Waals surface area contributed by atoms with Crippen molar-refractivity contribution in [2.45, 2.75) is 25.7 Å². The molecule has 86 valence electrons. The third kappa shape index (κ3) is 2.77. The first-order chi connectivity index (χ1) is 7.22. The van der Waals surface area contributed by atoms with Gasteiger partial charge in [0.1, 0.15) is 0 Å². The fourth-order valence-corrected chi connectivity index (χ4v) is 3.64. The molecular weight excluding hydrogens is 305 g/mol. The van der Waals surface area contributed by atoms with E-state index in [1.54, 1.807) is 4.90 Å². The molecule has 1 aliphatic heterocycles. The van der Waals surface area contributed by atoms with Crippen LogP contribution in [0.4, 0.5) is 4.79 Å². The molecule has 1 aliphatic carbocycles. The van der Waals surface area contributed by atoms with Crippen LogP contribution in [0.2, 0.25) is 0 Å². The minimum Gasteiger partial charge on any atom is -0.465 e. The fourth-order valence-electron chi connectivity index (χ4n) is 2.84. The molecule has 2 aliphatic rings. The van der Waals surface area contributed by atoms with E-state index in [1.807, 2.05) is 0 Å². The van der Waals surface area contributed by atoms with Crippen molar-refractivity contribution in [3.05, 3.63) is 0 Å². The summed E-state index contributed by atoms with van der Waals surface area (Å²) in [6.07, 6.45) is 4.21. The second kappa shape index (κ2) is 4.89. The van der Waals surface area contributed by atoms with Crippen LogP contribution >= 0.6 is 22.6 Å². The highest BCUT2D eigenvalue weighted by atomic mass is 127. The largest absolute Gasteiger partial charge is 0.465 e. The average Bonchev–Trinajstić information content (AvgIpc) is 2.98. The smallest absolute Gasteiger partial charge is 0.407 e. The van der Waals surface area contributed by atoms with Crippen LogP contribution in [0, 0.1) is 17.8 Å². The van der Waals surface area contributed by atoms with Crippen molar-refractivity contribution >= 4 is 28.7 Å². The van der Waals surface area contributed by atoms with Gasteiger partial charge in [0.2, 0.25) is 0 Å². The van der Waals surface area contributed by atoms with E-state index in [2.05, 4.69) is 22.6 Å². The number of rotatable bonds is 3. The van der Waals surface area contributed by atoms with Crippen molar-refractivity contribution in [3.8, 4) is 0 Å². The first kappa shape index (κ1) is 11.5. The van der Waals surface area contributed by atoms with Crippen LogP contribution in [0.1, 0.15) is 25.7 Å². The van der Waals surface area contributed by atoms with Gasteiger partial charge in [-0.1, -0.05) is 22.6 Å². The Morgan fingerprint density at radius 3 is 2.60 bits per heavy atom. The number of carboxylic acid groups (broad SMARTS) is 1. The summed E-state index contributed by atoms with van der Waals surface area (Å²) in [4.78, 5) is 12.3. The molecule has 2 rings (SSSR count). The highest BCUT2D eigenvalue weighted by Gasteiger charge is 2.42. The fraction of sp³-hybridized carbons (Fsp3) is 0.909. The molecule has 0 spiro atoms. The van der Waals surface area contributed by atoms with E-state index in [-0.39, 0.29) is 0 Å². The van der Waals surface area contributed by atoms with Crippen LogP contribution in [0.5, 0.6) is 0 Å². The third-order valence-corrected chi connectivity index (χ3v) is 4.50. The molecule has 0 bridgehead atoms. The molecule has 1 heterocycles. The van der Waals surface area contributed by atoms with Gasteiger partial charge in [-0.2, -0.15) is 0 Å².